The lowest BCUT2D eigenvalue weighted by Gasteiger charge is -2.35. The number of β-amino-alcohol motifs (C(OH)–C–C–N with tert-alkyl or cyclic N) is 1. The molecule has 10 heteroatoms. The van der Waals surface area contributed by atoms with Crippen LogP contribution in [0, 0.1) is 6.92 Å². The number of piperidine rings is 1. The number of hydrogen-bond acceptors (Lipinski definition) is 7. The Balaban J connectivity index is 1.56. The van der Waals surface area contributed by atoms with Gasteiger partial charge in [-0.2, -0.15) is 0 Å². The van der Waals surface area contributed by atoms with Crippen LogP contribution >= 0.6 is 0 Å². The van der Waals surface area contributed by atoms with Crippen molar-refractivity contribution in [1.29, 1.82) is 0 Å². The first-order valence-electron chi connectivity index (χ1n) is 12.1. The molecule has 0 radical (unpaired) electrons. The quantitative estimate of drug-likeness (QED) is 0.238. The van der Waals surface area contributed by atoms with Gasteiger partial charge in [-0.05, 0) is 38.8 Å². The number of likely N-dealkylation sites (tertiary alicyclic amines) is 1. The third-order valence-corrected chi connectivity index (χ3v) is 6.93. The molecule has 1 aliphatic rings. The number of nitrogens with zero attached hydrogens (tertiary/aromatic N) is 3. The van der Waals surface area contributed by atoms with Gasteiger partial charge < -0.3 is 35.7 Å². The number of aliphatic hydroxyl groups is 5. The molecule has 1 amide bonds. The number of amides is 1. The highest BCUT2D eigenvalue weighted by Crippen LogP contribution is 2.18. The topological polar surface area (TPSA) is 142 Å². The van der Waals surface area contributed by atoms with Gasteiger partial charge in [0.25, 0.3) is 11.7 Å². The molecule has 0 bridgehead atoms. The molecule has 4 atom stereocenters. The third kappa shape index (κ3) is 5.59. The molecule has 2 aromatic rings. The highest BCUT2D eigenvalue weighted by Gasteiger charge is 2.32. The van der Waals surface area contributed by atoms with Crippen LogP contribution in [0.4, 0.5) is 0 Å². The van der Waals surface area contributed by atoms with E-state index in [2.05, 4.69) is 35.2 Å². The van der Waals surface area contributed by atoms with Crippen LogP contribution in [0.3, 0.4) is 0 Å². The Hall–Kier alpha value is -2.08. The van der Waals surface area contributed by atoms with Crippen molar-refractivity contribution in [2.75, 3.05) is 26.2 Å². The molecule has 34 heavy (non-hydrogen) atoms. The van der Waals surface area contributed by atoms with Crippen LogP contribution in [0.5, 0.6) is 0 Å². The van der Waals surface area contributed by atoms with Gasteiger partial charge in [0.1, 0.15) is 18.3 Å². The van der Waals surface area contributed by atoms with Gasteiger partial charge in [0, 0.05) is 44.2 Å². The second-order valence-electron chi connectivity index (χ2n) is 9.09. The zero-order valence-corrected chi connectivity index (χ0v) is 20.3. The number of aryl methyl sites for hydroxylation is 2. The number of fused-ring (bicyclic) bond motifs is 1. The van der Waals surface area contributed by atoms with Gasteiger partial charge in [-0.3, -0.25) is 4.79 Å². The fraction of sp³-hybridized carbons (Fsp3) is 0.667. The van der Waals surface area contributed by atoms with Gasteiger partial charge in [0.05, 0.1) is 25.8 Å². The average molecular weight is 480 g/mol. The zero-order chi connectivity index (χ0) is 25.0. The predicted octanol–water partition coefficient (Wildman–Crippen LogP) is -1.09. The maximum absolute atomic E-state index is 12.9. The maximum Gasteiger partial charge on any atom is 0.254 e. The predicted molar refractivity (Wildman–Crippen MR) is 126 cm³/mol. The van der Waals surface area contributed by atoms with Crippen molar-refractivity contribution in [1.82, 2.24) is 14.8 Å². The molecule has 1 aromatic carbocycles. The van der Waals surface area contributed by atoms with Crippen molar-refractivity contribution in [2.45, 2.75) is 77.2 Å². The molecule has 1 aromatic heterocycles. The fourth-order valence-electron chi connectivity index (χ4n) is 4.87. The van der Waals surface area contributed by atoms with Gasteiger partial charge in [0.2, 0.25) is 0 Å². The van der Waals surface area contributed by atoms with E-state index in [-0.39, 0.29) is 18.5 Å². The van der Waals surface area contributed by atoms with Crippen LogP contribution in [-0.4, -0.2) is 97.6 Å². The number of hydrogen-bond donors (Lipinski definition) is 6. The van der Waals surface area contributed by atoms with E-state index in [0.29, 0.717) is 31.5 Å². The number of carbonyl (C=O) groups excluding carboxylic acids is 1. The number of benzene rings is 1. The summed E-state index contributed by atoms with van der Waals surface area (Å²) in [5.41, 5.74) is 2.79. The number of carbonyl (C=O) groups is 1. The molecule has 0 saturated carbocycles. The lowest BCUT2D eigenvalue weighted by Crippen LogP contribution is -2.52. The van der Waals surface area contributed by atoms with E-state index in [1.54, 1.807) is 0 Å². The lowest BCUT2D eigenvalue weighted by molar-refractivity contribution is -0.674. The summed E-state index contributed by atoms with van der Waals surface area (Å²) in [6.07, 6.45) is -4.58. The molecular formula is C24H39N4O6+. The Labute approximate surface area is 200 Å². The maximum atomic E-state index is 12.9. The van der Waals surface area contributed by atoms with Crippen LogP contribution < -0.4 is 9.88 Å². The van der Waals surface area contributed by atoms with Gasteiger partial charge in [0.15, 0.2) is 11.0 Å². The minimum absolute atomic E-state index is 0.00332. The van der Waals surface area contributed by atoms with Crippen LogP contribution in [0.2, 0.25) is 0 Å². The molecule has 0 unspecified atom stereocenters. The standard InChI is InChI=1S/C24H38N4O6/c1-4-27-15(3)28(5-2)19-12-16(6-7-18(19)27)24(34)25-17-8-10-26(11-9-17)13-20(30)22(32)23(33)21(31)14-29/h6-7,12,17,20-23,29-33H,4-5,8-11,13-14H2,1-3H3/p+1/t20-,21+,22+,23+/m0/s1. The Morgan fingerprint density at radius 2 is 1.76 bits per heavy atom. The molecule has 1 saturated heterocycles. The Morgan fingerprint density at radius 3 is 2.35 bits per heavy atom. The van der Waals surface area contributed by atoms with Crippen molar-refractivity contribution < 1.29 is 34.9 Å². The molecule has 10 nitrogen and oxygen atoms in total. The van der Waals surface area contributed by atoms with E-state index in [9.17, 15) is 25.2 Å². The molecule has 1 aliphatic heterocycles. The fourth-order valence-corrected chi connectivity index (χ4v) is 4.87. The van der Waals surface area contributed by atoms with Crippen molar-refractivity contribution in [3.63, 3.8) is 0 Å². The van der Waals surface area contributed by atoms with Gasteiger partial charge in [-0.1, -0.05) is 0 Å². The summed E-state index contributed by atoms with van der Waals surface area (Å²) in [6.45, 7) is 8.64. The summed E-state index contributed by atoms with van der Waals surface area (Å²) in [4.78, 5) is 14.9. The van der Waals surface area contributed by atoms with Crippen molar-refractivity contribution in [3.8, 4) is 0 Å². The second kappa shape index (κ2) is 11.6. The molecule has 0 spiro atoms. The van der Waals surface area contributed by atoms with Crippen molar-refractivity contribution in [3.05, 3.63) is 29.6 Å². The Morgan fingerprint density at radius 1 is 1.12 bits per heavy atom. The Kier molecular flexibility index (Phi) is 9.02. The number of aliphatic hydroxyl groups excluding tert-OH is 5. The molecule has 0 aliphatic carbocycles. The summed E-state index contributed by atoms with van der Waals surface area (Å²) in [5.74, 6) is 1.05. The van der Waals surface area contributed by atoms with Crippen molar-refractivity contribution >= 4 is 16.9 Å². The first-order valence-corrected chi connectivity index (χ1v) is 12.1. The lowest BCUT2D eigenvalue weighted by atomic mass is 10.0. The summed E-state index contributed by atoms with van der Waals surface area (Å²) < 4.78 is 4.45. The SMILES string of the molecule is CCn1c(C)[n+](CC)c2ccc(C(=O)NC3CCN(C[C@H](O)[C@@H](O)[C@H](O)[C@H](O)CO)CC3)cc21. The first kappa shape index (κ1) is 26.5. The van der Waals surface area contributed by atoms with E-state index in [1.807, 2.05) is 23.1 Å². The van der Waals surface area contributed by atoms with E-state index in [1.165, 1.54) is 0 Å². The second-order valence-corrected chi connectivity index (χ2v) is 9.09. The summed E-state index contributed by atoms with van der Waals surface area (Å²) >= 11 is 0. The van der Waals surface area contributed by atoms with Crippen LogP contribution in [0.15, 0.2) is 18.2 Å². The smallest absolute Gasteiger partial charge is 0.254 e. The summed E-state index contributed by atoms with van der Waals surface area (Å²) in [5, 5.41) is 51.4. The molecule has 1 fully saturated rings. The highest BCUT2D eigenvalue weighted by atomic mass is 16.4. The monoisotopic (exact) mass is 479 g/mol. The molecular weight excluding hydrogens is 440 g/mol. The van der Waals surface area contributed by atoms with Crippen molar-refractivity contribution in [2.24, 2.45) is 0 Å². The molecule has 6 N–H and O–H groups in total. The summed E-state index contributed by atoms with van der Waals surface area (Å²) in [7, 11) is 0. The van der Waals surface area contributed by atoms with Crippen LogP contribution in [-0.2, 0) is 13.1 Å². The summed E-state index contributed by atoms with van der Waals surface area (Å²) in [6, 6.07) is 5.82. The molecule has 3 rings (SSSR count). The first-order chi connectivity index (χ1) is 16.2. The normalized spacial score (nSPS) is 19.2. The third-order valence-electron chi connectivity index (χ3n) is 6.93. The van der Waals surface area contributed by atoms with E-state index in [0.717, 1.165) is 29.9 Å². The van der Waals surface area contributed by atoms with Crippen LogP contribution in [0.1, 0.15) is 42.9 Å². The Bertz CT molecular complexity index is 972. The minimum atomic E-state index is -1.63. The van der Waals surface area contributed by atoms with Gasteiger partial charge in [-0.25, -0.2) is 9.13 Å². The largest absolute Gasteiger partial charge is 0.394 e. The number of aromatic nitrogens is 2. The molecule has 190 valence electrons. The van der Waals surface area contributed by atoms with Gasteiger partial charge >= 0.3 is 0 Å². The van der Waals surface area contributed by atoms with E-state index < -0.39 is 31.0 Å². The number of rotatable bonds is 10. The average Bonchev–Trinajstić information content (AvgIpc) is 3.12. The number of imidazole rings is 1. The van der Waals surface area contributed by atoms with E-state index in [4.69, 9.17) is 5.11 Å². The highest BCUT2D eigenvalue weighted by molar-refractivity contribution is 5.97. The molecule has 2 heterocycles. The zero-order valence-electron chi connectivity index (χ0n) is 20.3. The van der Waals surface area contributed by atoms with Crippen LogP contribution in [0.25, 0.3) is 11.0 Å². The van der Waals surface area contributed by atoms with E-state index >= 15 is 0 Å². The number of nitrogens with one attached hydrogen (secondary N) is 1. The minimum Gasteiger partial charge on any atom is -0.394 e. The van der Waals surface area contributed by atoms with Gasteiger partial charge in [-0.15, -0.1) is 0 Å².